The van der Waals surface area contributed by atoms with Gasteiger partial charge < -0.3 is 14.6 Å². The summed E-state index contributed by atoms with van der Waals surface area (Å²) in [6, 6.07) is 8.93. The quantitative estimate of drug-likeness (QED) is 0.185. The van der Waals surface area contributed by atoms with E-state index >= 15 is 0 Å². The third-order valence-electron chi connectivity index (χ3n) is 5.62. The van der Waals surface area contributed by atoms with E-state index in [9.17, 15) is 18.3 Å². The Labute approximate surface area is 189 Å². The van der Waals surface area contributed by atoms with Gasteiger partial charge in [-0.3, -0.25) is 0 Å². The lowest BCUT2D eigenvalue weighted by Crippen LogP contribution is -2.42. The summed E-state index contributed by atoms with van der Waals surface area (Å²) in [6.07, 6.45) is 7.37. The molecule has 178 valence electrons. The zero-order valence-corrected chi connectivity index (χ0v) is 19.3. The molecule has 1 atom stereocenters. The number of halogens is 3. The predicted octanol–water partition coefficient (Wildman–Crippen LogP) is 7.32. The molecule has 1 N–H and O–H groups in total. The summed E-state index contributed by atoms with van der Waals surface area (Å²) >= 11 is 0. The van der Waals surface area contributed by atoms with Gasteiger partial charge in [0.2, 0.25) is 0 Å². The molecule has 0 aliphatic heterocycles. The molecule has 0 bridgehead atoms. The van der Waals surface area contributed by atoms with Gasteiger partial charge in [0.1, 0.15) is 0 Å². The Morgan fingerprint density at radius 1 is 0.781 bits per heavy atom. The van der Waals surface area contributed by atoms with Crippen LogP contribution >= 0.6 is 0 Å². The Kier molecular flexibility index (Phi) is 10.7. The van der Waals surface area contributed by atoms with Crippen molar-refractivity contribution in [1.82, 2.24) is 0 Å². The molecule has 0 saturated carbocycles. The van der Waals surface area contributed by atoms with Crippen molar-refractivity contribution in [3.8, 4) is 11.1 Å². The van der Waals surface area contributed by atoms with Crippen LogP contribution in [0.2, 0.25) is 0 Å². The van der Waals surface area contributed by atoms with Crippen LogP contribution in [-0.4, -0.2) is 24.3 Å². The molecule has 3 nitrogen and oxygen atoms in total. The topological polar surface area (TPSA) is 38.7 Å². The molecule has 0 spiro atoms. The molecule has 0 aromatic heterocycles. The van der Waals surface area contributed by atoms with Gasteiger partial charge in [-0.1, -0.05) is 69.7 Å². The van der Waals surface area contributed by atoms with Crippen molar-refractivity contribution in [2.45, 2.75) is 77.6 Å². The van der Waals surface area contributed by atoms with Crippen LogP contribution in [0.15, 0.2) is 36.4 Å². The van der Waals surface area contributed by atoms with Crippen LogP contribution in [0.5, 0.6) is 0 Å². The average Bonchev–Trinajstić information content (AvgIpc) is 2.77. The van der Waals surface area contributed by atoms with Gasteiger partial charge in [0.15, 0.2) is 17.5 Å². The van der Waals surface area contributed by atoms with E-state index in [0.29, 0.717) is 12.0 Å². The van der Waals surface area contributed by atoms with E-state index in [0.717, 1.165) is 37.0 Å². The molecule has 2 aromatic rings. The number of aliphatic hydroxyl groups is 1. The fourth-order valence-electron chi connectivity index (χ4n) is 3.98. The van der Waals surface area contributed by atoms with Crippen LogP contribution < -0.4 is 0 Å². The van der Waals surface area contributed by atoms with Gasteiger partial charge in [-0.05, 0) is 49.1 Å². The third-order valence-corrected chi connectivity index (χ3v) is 5.62. The van der Waals surface area contributed by atoms with Crippen LogP contribution in [0.1, 0.15) is 77.2 Å². The van der Waals surface area contributed by atoms with Crippen molar-refractivity contribution in [2.75, 3.05) is 13.2 Å². The Morgan fingerprint density at radius 2 is 1.31 bits per heavy atom. The van der Waals surface area contributed by atoms with E-state index in [1.165, 1.54) is 19.3 Å². The van der Waals surface area contributed by atoms with E-state index in [1.54, 1.807) is 38.1 Å². The molecular weight excluding hydrogens is 417 g/mol. The minimum atomic E-state index is -1.76. The number of hydrogen-bond donors (Lipinski definition) is 1. The summed E-state index contributed by atoms with van der Waals surface area (Å²) in [5.41, 5.74) is 1.58. The minimum Gasteiger partial charge on any atom is -0.343 e. The Bertz CT molecular complexity index is 795. The molecule has 0 saturated heterocycles. The molecule has 0 heterocycles. The molecule has 6 heteroatoms. The lowest BCUT2D eigenvalue weighted by Gasteiger charge is -2.35. The monoisotopic (exact) mass is 452 g/mol. The molecule has 0 aliphatic rings. The minimum absolute atomic E-state index is 0.241. The first kappa shape index (κ1) is 26.4. The maximum atomic E-state index is 13.6. The summed E-state index contributed by atoms with van der Waals surface area (Å²) in [4.78, 5) is 0. The van der Waals surface area contributed by atoms with Gasteiger partial charge in [-0.2, -0.15) is 0 Å². The van der Waals surface area contributed by atoms with Gasteiger partial charge in [-0.25, -0.2) is 13.2 Å². The first-order chi connectivity index (χ1) is 15.4. The normalized spacial score (nSPS) is 12.8. The highest BCUT2D eigenvalue weighted by molar-refractivity contribution is 5.64. The van der Waals surface area contributed by atoms with Gasteiger partial charge in [0.25, 0.3) is 5.97 Å². The van der Waals surface area contributed by atoms with Gasteiger partial charge in [0.05, 0.1) is 5.92 Å². The number of hydrogen-bond acceptors (Lipinski definition) is 3. The smallest absolute Gasteiger partial charge is 0.287 e. The highest BCUT2D eigenvalue weighted by Gasteiger charge is 2.39. The first-order valence-electron chi connectivity index (χ1n) is 11.6. The Morgan fingerprint density at radius 3 is 1.84 bits per heavy atom. The van der Waals surface area contributed by atoms with Gasteiger partial charge >= 0.3 is 0 Å². The Hall–Kier alpha value is -1.89. The van der Waals surface area contributed by atoms with Crippen molar-refractivity contribution in [2.24, 2.45) is 0 Å². The van der Waals surface area contributed by atoms with Crippen LogP contribution in [0, 0.1) is 17.5 Å². The number of unbranched alkanes of at least 4 members (excludes halogenated alkanes) is 5. The van der Waals surface area contributed by atoms with Gasteiger partial charge in [0, 0.05) is 13.2 Å². The first-order valence-corrected chi connectivity index (χ1v) is 11.6. The highest BCUT2D eigenvalue weighted by atomic mass is 19.2. The predicted molar refractivity (Wildman–Crippen MR) is 121 cm³/mol. The van der Waals surface area contributed by atoms with Crippen LogP contribution in [0.4, 0.5) is 13.2 Å². The second-order valence-electron chi connectivity index (χ2n) is 7.98. The standard InChI is InChI=1S/C26H35F3O3/c1-4-7-8-9-10-11-12-22(26(30,31-5-2)32-6-3)20-15-13-19(14-16-20)21-17-23(27)25(29)24(28)18-21/h13-18,22,30H,4-12H2,1-3H3. The van der Waals surface area contributed by atoms with Crippen LogP contribution in [-0.2, 0) is 9.47 Å². The maximum Gasteiger partial charge on any atom is 0.287 e. The van der Waals surface area contributed by atoms with E-state index in [1.807, 2.05) is 0 Å². The second kappa shape index (κ2) is 13.0. The van der Waals surface area contributed by atoms with E-state index in [4.69, 9.17) is 9.47 Å². The lowest BCUT2D eigenvalue weighted by molar-refractivity contribution is -0.370. The van der Waals surface area contributed by atoms with Crippen LogP contribution in [0.3, 0.4) is 0 Å². The van der Waals surface area contributed by atoms with E-state index in [-0.39, 0.29) is 18.8 Å². The number of rotatable bonds is 14. The van der Waals surface area contributed by atoms with Gasteiger partial charge in [-0.15, -0.1) is 0 Å². The molecule has 2 rings (SSSR count). The van der Waals surface area contributed by atoms with Crippen molar-refractivity contribution in [1.29, 1.82) is 0 Å². The zero-order chi connectivity index (χ0) is 23.6. The lowest BCUT2D eigenvalue weighted by atomic mass is 9.89. The summed E-state index contributed by atoms with van der Waals surface area (Å²) in [5.74, 6) is -6.13. The average molecular weight is 453 g/mol. The third kappa shape index (κ3) is 7.06. The van der Waals surface area contributed by atoms with Crippen LogP contribution in [0.25, 0.3) is 11.1 Å². The van der Waals surface area contributed by atoms with Crippen molar-refractivity contribution < 1.29 is 27.8 Å². The number of benzene rings is 2. The molecule has 2 aromatic carbocycles. The molecule has 32 heavy (non-hydrogen) atoms. The maximum absolute atomic E-state index is 13.6. The van der Waals surface area contributed by atoms with Crippen molar-refractivity contribution in [3.05, 3.63) is 59.4 Å². The zero-order valence-electron chi connectivity index (χ0n) is 19.3. The van der Waals surface area contributed by atoms with Crippen molar-refractivity contribution >= 4 is 0 Å². The summed E-state index contributed by atoms with van der Waals surface area (Å²) < 4.78 is 51.8. The van der Waals surface area contributed by atoms with Crippen molar-refractivity contribution in [3.63, 3.8) is 0 Å². The van der Waals surface area contributed by atoms with E-state index < -0.39 is 29.3 Å². The molecule has 1 unspecified atom stereocenters. The Balaban J connectivity index is 2.25. The molecule has 0 amide bonds. The fraction of sp³-hybridized carbons (Fsp3) is 0.538. The molecular formula is C26H35F3O3. The highest BCUT2D eigenvalue weighted by Crippen LogP contribution is 2.37. The molecule has 0 fully saturated rings. The SMILES string of the molecule is CCCCCCCCC(c1ccc(-c2cc(F)c(F)c(F)c2)cc1)C(O)(OCC)OCC. The second-order valence-corrected chi connectivity index (χ2v) is 7.98. The molecule has 0 radical (unpaired) electrons. The number of ether oxygens (including phenoxy) is 2. The summed E-state index contributed by atoms with van der Waals surface area (Å²) in [6.45, 7) is 6.35. The summed E-state index contributed by atoms with van der Waals surface area (Å²) in [5, 5.41) is 11.2. The molecule has 0 aliphatic carbocycles. The summed E-state index contributed by atoms with van der Waals surface area (Å²) in [7, 11) is 0. The largest absolute Gasteiger partial charge is 0.343 e. The fourth-order valence-corrected chi connectivity index (χ4v) is 3.98. The van der Waals surface area contributed by atoms with E-state index in [2.05, 4.69) is 6.92 Å².